The summed E-state index contributed by atoms with van der Waals surface area (Å²) in [4.78, 5) is 0. The minimum atomic E-state index is 1.10. The Morgan fingerprint density at radius 2 is 1.05 bits per heavy atom. The minimum Gasteiger partial charge on any atom is -0.0999 e. The van der Waals surface area contributed by atoms with E-state index in [9.17, 15) is 0 Å². The standard InChI is InChI=1S/C19H37/c1-4-6-8-10-12-14-16-18-19(3)17-15-13-11-9-7-5-2/h2-18H2,1H3. The van der Waals surface area contributed by atoms with Crippen molar-refractivity contribution < 1.29 is 0 Å². The molecular formula is C19H37. The first kappa shape index (κ1) is 18.7. The summed E-state index contributed by atoms with van der Waals surface area (Å²) < 4.78 is 0. The molecule has 0 bridgehead atoms. The highest BCUT2D eigenvalue weighted by atomic mass is 14.0. The van der Waals surface area contributed by atoms with Crippen LogP contribution in [0.15, 0.2) is 12.2 Å². The average Bonchev–Trinajstić information content (AvgIpc) is 2.41. The fourth-order valence-electron chi connectivity index (χ4n) is 2.54. The Bertz CT molecular complexity index is 180. The number of allylic oxidation sites excluding steroid dienone is 1. The van der Waals surface area contributed by atoms with Gasteiger partial charge in [-0.05, 0) is 25.7 Å². The summed E-state index contributed by atoms with van der Waals surface area (Å²) in [5.41, 5.74) is 1.49. The summed E-state index contributed by atoms with van der Waals surface area (Å²) in [6.45, 7) is 10.4. The molecule has 1 radical (unpaired) electrons. The SMILES string of the molecule is [CH2]CCCCCCCC(=C)CCCCCCCCC. The van der Waals surface area contributed by atoms with Crippen molar-refractivity contribution in [3.05, 3.63) is 19.1 Å². The van der Waals surface area contributed by atoms with Crippen molar-refractivity contribution in [2.45, 2.75) is 103 Å². The highest BCUT2D eigenvalue weighted by Crippen LogP contribution is 2.16. The number of hydrogen-bond acceptors (Lipinski definition) is 0. The maximum absolute atomic E-state index is 4.23. The average molecular weight is 266 g/mol. The molecule has 0 saturated heterocycles. The molecule has 0 nitrogen and oxygen atoms in total. The van der Waals surface area contributed by atoms with E-state index in [1.165, 1.54) is 95.5 Å². The van der Waals surface area contributed by atoms with Gasteiger partial charge in [-0.2, -0.15) is 0 Å². The van der Waals surface area contributed by atoms with Crippen molar-refractivity contribution in [3.63, 3.8) is 0 Å². The van der Waals surface area contributed by atoms with Gasteiger partial charge in [-0.1, -0.05) is 96.6 Å². The van der Waals surface area contributed by atoms with Crippen LogP contribution in [-0.2, 0) is 0 Å². The summed E-state index contributed by atoms with van der Waals surface area (Å²) in [5, 5.41) is 0. The third kappa shape index (κ3) is 15.7. The molecular weight excluding hydrogens is 228 g/mol. The van der Waals surface area contributed by atoms with Crippen LogP contribution in [0.3, 0.4) is 0 Å². The Hall–Kier alpha value is -0.260. The van der Waals surface area contributed by atoms with Gasteiger partial charge >= 0.3 is 0 Å². The predicted octanol–water partition coefficient (Wildman–Crippen LogP) is 7.25. The molecule has 19 heavy (non-hydrogen) atoms. The van der Waals surface area contributed by atoms with Crippen LogP contribution in [0.5, 0.6) is 0 Å². The highest BCUT2D eigenvalue weighted by Gasteiger charge is 1.97. The van der Waals surface area contributed by atoms with Crippen molar-refractivity contribution in [1.29, 1.82) is 0 Å². The van der Waals surface area contributed by atoms with Gasteiger partial charge in [0.2, 0.25) is 0 Å². The highest BCUT2D eigenvalue weighted by molar-refractivity contribution is 4.93. The number of unbranched alkanes of at least 4 members (excludes halogenated alkanes) is 11. The molecule has 0 rings (SSSR count). The van der Waals surface area contributed by atoms with Crippen LogP contribution in [0.25, 0.3) is 0 Å². The predicted molar refractivity (Wildman–Crippen MR) is 89.4 cm³/mol. The lowest BCUT2D eigenvalue weighted by molar-refractivity contribution is 0.577. The normalized spacial score (nSPS) is 10.8. The van der Waals surface area contributed by atoms with Crippen LogP contribution in [0.4, 0.5) is 0 Å². The third-order valence-corrected chi connectivity index (χ3v) is 3.91. The molecule has 0 aromatic rings. The Labute approximate surface area is 123 Å². The maximum atomic E-state index is 4.23. The second-order valence-electron chi connectivity index (χ2n) is 5.99. The first-order chi connectivity index (χ1) is 9.31. The number of rotatable bonds is 15. The number of hydrogen-bond donors (Lipinski definition) is 0. The van der Waals surface area contributed by atoms with E-state index >= 15 is 0 Å². The Morgan fingerprint density at radius 3 is 1.53 bits per heavy atom. The molecule has 0 unspecified atom stereocenters. The maximum Gasteiger partial charge on any atom is -0.0323 e. The smallest absolute Gasteiger partial charge is 0.0323 e. The van der Waals surface area contributed by atoms with Crippen LogP contribution in [0, 0.1) is 6.92 Å². The van der Waals surface area contributed by atoms with Gasteiger partial charge < -0.3 is 0 Å². The Morgan fingerprint density at radius 1 is 0.632 bits per heavy atom. The van der Waals surface area contributed by atoms with Crippen LogP contribution in [-0.4, -0.2) is 0 Å². The van der Waals surface area contributed by atoms with E-state index in [-0.39, 0.29) is 0 Å². The summed E-state index contributed by atoms with van der Waals surface area (Å²) in [5.74, 6) is 0. The second kappa shape index (κ2) is 15.8. The topological polar surface area (TPSA) is 0 Å². The van der Waals surface area contributed by atoms with Crippen molar-refractivity contribution in [1.82, 2.24) is 0 Å². The molecule has 0 amide bonds. The largest absolute Gasteiger partial charge is 0.0999 e. The lowest BCUT2D eigenvalue weighted by Crippen LogP contribution is -1.86. The van der Waals surface area contributed by atoms with Crippen molar-refractivity contribution in [2.75, 3.05) is 0 Å². The van der Waals surface area contributed by atoms with E-state index in [0.717, 1.165) is 6.42 Å². The third-order valence-electron chi connectivity index (χ3n) is 3.91. The molecule has 113 valence electrons. The molecule has 0 heteroatoms. The molecule has 0 aliphatic rings. The van der Waals surface area contributed by atoms with Crippen molar-refractivity contribution >= 4 is 0 Å². The van der Waals surface area contributed by atoms with Gasteiger partial charge in [-0.3, -0.25) is 0 Å². The molecule has 0 fully saturated rings. The lowest BCUT2D eigenvalue weighted by atomic mass is 10.0. The van der Waals surface area contributed by atoms with Gasteiger partial charge in [-0.15, -0.1) is 0 Å². The monoisotopic (exact) mass is 265 g/mol. The van der Waals surface area contributed by atoms with Crippen LogP contribution in [0.2, 0.25) is 0 Å². The van der Waals surface area contributed by atoms with Crippen LogP contribution in [0.1, 0.15) is 103 Å². The molecule has 0 spiro atoms. The molecule has 0 aromatic carbocycles. The minimum absolute atomic E-state index is 1.10. The molecule has 0 aliphatic carbocycles. The Balaban J connectivity index is 3.13. The van der Waals surface area contributed by atoms with E-state index in [0.29, 0.717) is 0 Å². The van der Waals surface area contributed by atoms with Gasteiger partial charge in [0.15, 0.2) is 0 Å². The molecule has 0 saturated carbocycles. The summed E-state index contributed by atoms with van der Waals surface area (Å²) >= 11 is 0. The fraction of sp³-hybridized carbons (Fsp3) is 0.842. The van der Waals surface area contributed by atoms with Gasteiger partial charge in [0.1, 0.15) is 0 Å². The Kier molecular flexibility index (Phi) is 15.6. The van der Waals surface area contributed by atoms with E-state index in [1.807, 2.05) is 0 Å². The fourth-order valence-corrected chi connectivity index (χ4v) is 2.54. The van der Waals surface area contributed by atoms with Gasteiger partial charge in [0.05, 0.1) is 0 Å². The van der Waals surface area contributed by atoms with Crippen molar-refractivity contribution in [3.8, 4) is 0 Å². The van der Waals surface area contributed by atoms with Crippen LogP contribution >= 0.6 is 0 Å². The van der Waals surface area contributed by atoms with Gasteiger partial charge in [0, 0.05) is 0 Å². The molecule has 0 heterocycles. The summed E-state index contributed by atoms with van der Waals surface area (Å²) in [6, 6.07) is 0. The van der Waals surface area contributed by atoms with E-state index in [2.05, 4.69) is 20.4 Å². The summed E-state index contributed by atoms with van der Waals surface area (Å²) in [6.07, 6.45) is 20.3. The molecule has 0 N–H and O–H groups in total. The quantitative estimate of drug-likeness (QED) is 0.216. The first-order valence-corrected chi connectivity index (χ1v) is 8.77. The van der Waals surface area contributed by atoms with E-state index < -0.39 is 0 Å². The second-order valence-corrected chi connectivity index (χ2v) is 5.99. The van der Waals surface area contributed by atoms with Crippen molar-refractivity contribution in [2.24, 2.45) is 0 Å². The molecule has 0 aliphatic heterocycles. The zero-order valence-electron chi connectivity index (χ0n) is 13.5. The van der Waals surface area contributed by atoms with Gasteiger partial charge in [-0.25, -0.2) is 0 Å². The zero-order valence-corrected chi connectivity index (χ0v) is 13.5. The first-order valence-electron chi connectivity index (χ1n) is 8.77. The molecule has 0 atom stereocenters. The van der Waals surface area contributed by atoms with Crippen LogP contribution < -0.4 is 0 Å². The molecule has 0 aromatic heterocycles. The zero-order chi connectivity index (χ0) is 14.2. The summed E-state index contributed by atoms with van der Waals surface area (Å²) in [7, 11) is 0. The van der Waals surface area contributed by atoms with E-state index in [1.54, 1.807) is 0 Å². The lowest BCUT2D eigenvalue weighted by Gasteiger charge is -2.06. The van der Waals surface area contributed by atoms with Gasteiger partial charge in [0.25, 0.3) is 0 Å². The van der Waals surface area contributed by atoms with E-state index in [4.69, 9.17) is 0 Å².